The second kappa shape index (κ2) is 6.72. The summed E-state index contributed by atoms with van der Waals surface area (Å²) in [4.78, 5) is 12.8. The van der Waals surface area contributed by atoms with E-state index in [1.165, 1.54) is 0 Å². The van der Waals surface area contributed by atoms with Crippen LogP contribution in [0, 0.1) is 13.8 Å². The predicted octanol–water partition coefficient (Wildman–Crippen LogP) is 4.84. The molecule has 0 N–H and O–H groups in total. The van der Waals surface area contributed by atoms with E-state index in [0.717, 1.165) is 32.0 Å². The molecule has 6 heteroatoms. The molecule has 4 nitrogen and oxygen atoms in total. The minimum Gasteiger partial charge on any atom is -0.460 e. The maximum absolute atomic E-state index is 11.9. The highest BCUT2D eigenvalue weighted by Crippen LogP contribution is 2.35. The number of thiophene rings is 1. The quantitative estimate of drug-likeness (QED) is 0.619. The zero-order valence-corrected chi connectivity index (χ0v) is 14.5. The van der Waals surface area contributed by atoms with E-state index < -0.39 is 0 Å². The number of benzene rings is 1. The van der Waals surface area contributed by atoms with E-state index in [1.807, 2.05) is 38.1 Å². The minimum absolute atomic E-state index is 0.207. The van der Waals surface area contributed by atoms with Crippen LogP contribution in [0.25, 0.3) is 10.1 Å². The van der Waals surface area contributed by atoms with Gasteiger partial charge in [-0.25, -0.2) is 0 Å². The summed E-state index contributed by atoms with van der Waals surface area (Å²) < 4.78 is 11.5. The number of carbonyl (C=O) groups excluding carboxylic acids is 1. The van der Waals surface area contributed by atoms with E-state index in [4.69, 9.17) is 20.9 Å². The number of rotatable bonds is 5. The van der Waals surface area contributed by atoms with Crippen LogP contribution in [0.4, 0.5) is 0 Å². The van der Waals surface area contributed by atoms with Crippen LogP contribution >= 0.6 is 22.9 Å². The van der Waals surface area contributed by atoms with Crippen molar-refractivity contribution in [3.8, 4) is 0 Å². The molecule has 1 aromatic carbocycles. The molecular weight excluding hydrogens is 334 g/mol. The summed E-state index contributed by atoms with van der Waals surface area (Å²) in [5.41, 5.74) is 1.80. The molecule has 0 bridgehead atoms. The molecule has 2 aromatic heterocycles. The highest BCUT2D eigenvalue weighted by Gasteiger charge is 2.14. The Hall–Kier alpha value is -1.85. The molecule has 3 rings (SSSR count). The molecule has 0 spiro atoms. The number of aryl methyl sites for hydroxylation is 2. The molecule has 23 heavy (non-hydrogen) atoms. The third-order valence-corrected chi connectivity index (χ3v) is 5.41. The lowest BCUT2D eigenvalue weighted by Crippen LogP contribution is -2.06. The van der Waals surface area contributed by atoms with Gasteiger partial charge >= 0.3 is 5.97 Å². The molecule has 0 fully saturated rings. The van der Waals surface area contributed by atoms with E-state index in [2.05, 4.69) is 5.16 Å². The van der Waals surface area contributed by atoms with Crippen LogP contribution < -0.4 is 0 Å². The van der Waals surface area contributed by atoms with Crippen molar-refractivity contribution < 1.29 is 14.1 Å². The summed E-state index contributed by atoms with van der Waals surface area (Å²) in [6, 6.07) is 7.89. The van der Waals surface area contributed by atoms with Crippen LogP contribution in [0.5, 0.6) is 0 Å². The summed E-state index contributed by atoms with van der Waals surface area (Å²) >= 11 is 7.89. The second-order valence-electron chi connectivity index (χ2n) is 5.30. The first-order chi connectivity index (χ1) is 11.1. The largest absolute Gasteiger partial charge is 0.460 e. The van der Waals surface area contributed by atoms with Crippen molar-refractivity contribution in [2.75, 3.05) is 0 Å². The van der Waals surface area contributed by atoms with Gasteiger partial charge < -0.3 is 9.26 Å². The van der Waals surface area contributed by atoms with E-state index in [-0.39, 0.29) is 12.6 Å². The Labute approximate surface area is 143 Å². The van der Waals surface area contributed by atoms with Crippen LogP contribution in [-0.4, -0.2) is 11.1 Å². The normalized spacial score (nSPS) is 11.1. The molecule has 0 aliphatic heterocycles. The van der Waals surface area contributed by atoms with Gasteiger partial charge in [-0.3, -0.25) is 4.79 Å². The first kappa shape index (κ1) is 16.0. The van der Waals surface area contributed by atoms with Crippen LogP contribution in [0.2, 0.25) is 5.02 Å². The number of aromatic nitrogens is 1. The Kier molecular flexibility index (Phi) is 4.68. The first-order valence-electron chi connectivity index (χ1n) is 7.29. The maximum atomic E-state index is 11.9. The van der Waals surface area contributed by atoms with Crippen molar-refractivity contribution >= 4 is 39.0 Å². The number of hydrogen-bond donors (Lipinski definition) is 0. The summed E-state index contributed by atoms with van der Waals surface area (Å²) in [5, 5.41) is 5.55. The van der Waals surface area contributed by atoms with E-state index in [1.54, 1.807) is 11.3 Å². The summed E-state index contributed by atoms with van der Waals surface area (Å²) in [5.74, 6) is 0.501. The molecule has 0 unspecified atom stereocenters. The molecule has 0 radical (unpaired) electrons. The van der Waals surface area contributed by atoms with Gasteiger partial charge in [0.1, 0.15) is 12.4 Å². The second-order valence-corrected chi connectivity index (χ2v) is 6.81. The molecule has 120 valence electrons. The highest BCUT2D eigenvalue weighted by atomic mass is 35.5. The van der Waals surface area contributed by atoms with Gasteiger partial charge in [-0.05, 0) is 26.3 Å². The number of nitrogens with zero attached hydrogens (tertiary/aromatic N) is 1. The number of hydrogen-bond acceptors (Lipinski definition) is 5. The Bertz CT molecular complexity index is 833. The van der Waals surface area contributed by atoms with Crippen molar-refractivity contribution in [3.05, 3.63) is 51.2 Å². The third kappa shape index (κ3) is 3.41. The fourth-order valence-electron chi connectivity index (χ4n) is 2.46. The van der Waals surface area contributed by atoms with Crippen LogP contribution in [0.1, 0.15) is 28.3 Å². The summed E-state index contributed by atoms with van der Waals surface area (Å²) in [6.45, 7) is 3.92. The molecule has 3 aromatic rings. The fourth-order valence-corrected chi connectivity index (χ4v) is 3.86. The average molecular weight is 350 g/mol. The van der Waals surface area contributed by atoms with Gasteiger partial charge in [0.2, 0.25) is 0 Å². The van der Waals surface area contributed by atoms with Crippen molar-refractivity contribution in [1.29, 1.82) is 0 Å². The lowest BCUT2D eigenvalue weighted by molar-refractivity contribution is -0.144. The van der Waals surface area contributed by atoms with Gasteiger partial charge in [0, 0.05) is 22.1 Å². The van der Waals surface area contributed by atoms with Gasteiger partial charge in [-0.15, -0.1) is 11.3 Å². The fraction of sp³-hybridized carbons (Fsp3) is 0.294. The van der Waals surface area contributed by atoms with Crippen molar-refractivity contribution in [1.82, 2.24) is 5.16 Å². The molecule has 0 atom stereocenters. The first-order valence-corrected chi connectivity index (χ1v) is 8.49. The molecule has 0 saturated carbocycles. The van der Waals surface area contributed by atoms with E-state index in [9.17, 15) is 4.79 Å². The molecule has 0 aliphatic rings. The lowest BCUT2D eigenvalue weighted by atomic mass is 10.1. The molecular formula is C17H16ClNO3S. The van der Waals surface area contributed by atoms with Gasteiger partial charge in [0.15, 0.2) is 0 Å². The molecule has 0 saturated heterocycles. The number of ether oxygens (including phenoxy) is 1. The van der Waals surface area contributed by atoms with Crippen molar-refractivity contribution in [2.24, 2.45) is 0 Å². The summed E-state index contributed by atoms with van der Waals surface area (Å²) in [6.07, 6.45) is 0.867. The number of fused-ring (bicyclic) bond motifs is 1. The van der Waals surface area contributed by atoms with Gasteiger partial charge in [-0.2, -0.15) is 0 Å². The van der Waals surface area contributed by atoms with Crippen molar-refractivity contribution in [2.45, 2.75) is 33.3 Å². The smallest absolute Gasteiger partial charge is 0.306 e. The molecule has 0 amide bonds. The Morgan fingerprint density at radius 3 is 2.83 bits per heavy atom. The average Bonchev–Trinajstić information content (AvgIpc) is 3.04. The van der Waals surface area contributed by atoms with E-state index in [0.29, 0.717) is 17.9 Å². The van der Waals surface area contributed by atoms with Crippen molar-refractivity contribution in [3.63, 3.8) is 0 Å². The maximum Gasteiger partial charge on any atom is 0.306 e. The van der Waals surface area contributed by atoms with Gasteiger partial charge in [0.05, 0.1) is 15.6 Å². The van der Waals surface area contributed by atoms with Crippen LogP contribution in [-0.2, 0) is 22.6 Å². The third-order valence-electron chi connectivity index (χ3n) is 3.73. The SMILES string of the molecule is Cc1noc(C)c1CCC(=O)OCc1sc2ccccc2c1Cl. The topological polar surface area (TPSA) is 52.3 Å². The molecule has 0 aliphatic carbocycles. The monoisotopic (exact) mass is 349 g/mol. The van der Waals surface area contributed by atoms with Gasteiger partial charge in [-0.1, -0.05) is 35.0 Å². The number of esters is 1. The Morgan fingerprint density at radius 2 is 2.13 bits per heavy atom. The Morgan fingerprint density at radius 1 is 1.35 bits per heavy atom. The Balaban J connectivity index is 1.59. The summed E-state index contributed by atoms with van der Waals surface area (Å²) in [7, 11) is 0. The minimum atomic E-state index is -0.251. The number of carbonyl (C=O) groups is 1. The van der Waals surface area contributed by atoms with Crippen LogP contribution in [0.15, 0.2) is 28.8 Å². The van der Waals surface area contributed by atoms with Crippen LogP contribution in [0.3, 0.4) is 0 Å². The zero-order valence-electron chi connectivity index (χ0n) is 12.9. The number of halogens is 1. The van der Waals surface area contributed by atoms with Gasteiger partial charge in [0.25, 0.3) is 0 Å². The molecule has 2 heterocycles. The standard InChI is InChI=1S/C17H16ClNO3S/c1-10-12(11(2)22-19-10)7-8-16(20)21-9-15-17(18)13-5-3-4-6-14(13)23-15/h3-6H,7-9H2,1-2H3. The highest BCUT2D eigenvalue weighted by molar-refractivity contribution is 7.19. The lowest BCUT2D eigenvalue weighted by Gasteiger charge is -2.04. The predicted molar refractivity (Wildman–Crippen MR) is 90.9 cm³/mol. The zero-order chi connectivity index (χ0) is 16.4. The van der Waals surface area contributed by atoms with E-state index >= 15 is 0 Å².